The van der Waals surface area contributed by atoms with Crippen LogP contribution < -0.4 is 21.2 Å². The maximum absolute atomic E-state index is 13.6. The van der Waals surface area contributed by atoms with Gasteiger partial charge in [-0.1, -0.05) is 36.4 Å². The van der Waals surface area contributed by atoms with Gasteiger partial charge in [-0.25, -0.2) is 4.68 Å². The topological polar surface area (TPSA) is 123 Å². The quantitative estimate of drug-likeness (QED) is 0.248. The third kappa shape index (κ3) is 5.04. The van der Waals surface area contributed by atoms with E-state index in [1.807, 2.05) is 38.1 Å². The zero-order valence-corrected chi connectivity index (χ0v) is 22.9. The summed E-state index contributed by atoms with van der Waals surface area (Å²) in [6.07, 6.45) is 2.69. The Morgan fingerprint density at radius 2 is 1.76 bits per heavy atom. The van der Waals surface area contributed by atoms with E-state index in [0.717, 1.165) is 17.2 Å². The first-order chi connectivity index (χ1) is 19.7. The summed E-state index contributed by atoms with van der Waals surface area (Å²) in [5, 5.41) is 12.5. The maximum atomic E-state index is 13.6. The van der Waals surface area contributed by atoms with Crippen LogP contribution in [0.15, 0.2) is 88.1 Å². The fraction of sp³-hybridized carbons (Fsp3) is 0.129. The van der Waals surface area contributed by atoms with E-state index in [1.54, 1.807) is 73.4 Å². The predicted octanol–water partition coefficient (Wildman–Crippen LogP) is 4.45. The summed E-state index contributed by atoms with van der Waals surface area (Å²) in [7, 11) is 1.69. The molecule has 2 aromatic carbocycles. The van der Waals surface area contributed by atoms with Gasteiger partial charge in [-0.2, -0.15) is 10.2 Å². The van der Waals surface area contributed by atoms with Gasteiger partial charge >= 0.3 is 0 Å². The number of para-hydroxylation sites is 1. The Hall–Kier alpha value is -5.69. The molecule has 5 rings (SSSR count). The van der Waals surface area contributed by atoms with Gasteiger partial charge in [0.1, 0.15) is 34.3 Å². The maximum Gasteiger partial charge on any atom is 0.295 e. The molecule has 204 valence electrons. The number of nitrogens with zero attached hydrogens (tertiary/aromatic N) is 5. The van der Waals surface area contributed by atoms with Crippen LogP contribution in [0.25, 0.3) is 17.4 Å². The fourth-order valence-electron chi connectivity index (χ4n) is 4.47. The smallest absolute Gasteiger partial charge is 0.295 e. The molecule has 0 spiro atoms. The normalized spacial score (nSPS) is 11.3. The number of anilines is 1. The van der Waals surface area contributed by atoms with Crippen LogP contribution in [0.5, 0.6) is 11.6 Å². The Morgan fingerprint density at radius 1 is 1.00 bits per heavy atom. The molecule has 0 bridgehead atoms. The molecule has 10 nitrogen and oxygen atoms in total. The summed E-state index contributed by atoms with van der Waals surface area (Å²) in [4.78, 5) is 44.8. The Labute approximate surface area is 235 Å². The third-order valence-electron chi connectivity index (χ3n) is 6.70. The number of hydrogen-bond donors (Lipinski definition) is 1. The van der Waals surface area contributed by atoms with Crippen molar-refractivity contribution in [2.45, 2.75) is 20.8 Å². The van der Waals surface area contributed by atoms with Crippen molar-refractivity contribution >= 4 is 23.3 Å². The second kappa shape index (κ2) is 10.8. The zero-order chi connectivity index (χ0) is 29.3. The number of benzene rings is 2. The minimum absolute atomic E-state index is 0.0164. The van der Waals surface area contributed by atoms with Gasteiger partial charge in [-0.3, -0.25) is 23.5 Å². The number of ether oxygens (including phenoxy) is 1. The number of fused-ring (bicyclic) bond motifs is 1. The van der Waals surface area contributed by atoms with Crippen LogP contribution in [-0.2, 0) is 11.8 Å². The highest BCUT2D eigenvalue weighted by Gasteiger charge is 2.22. The van der Waals surface area contributed by atoms with Crippen LogP contribution in [0.2, 0.25) is 0 Å². The van der Waals surface area contributed by atoms with E-state index in [0.29, 0.717) is 22.8 Å². The van der Waals surface area contributed by atoms with E-state index in [-0.39, 0.29) is 17.1 Å². The van der Waals surface area contributed by atoms with E-state index < -0.39 is 22.6 Å². The summed E-state index contributed by atoms with van der Waals surface area (Å²) in [5.41, 5.74) is 1.68. The number of hydrogen-bond acceptors (Lipinski definition) is 6. The monoisotopic (exact) mass is 546 g/mol. The summed E-state index contributed by atoms with van der Waals surface area (Å²) < 4.78 is 10.4. The number of pyridine rings is 1. The second-order valence-corrected chi connectivity index (χ2v) is 9.50. The number of nitrogens with one attached hydrogen (secondary N) is 1. The van der Waals surface area contributed by atoms with Crippen molar-refractivity contribution in [3.8, 4) is 23.4 Å². The molecular weight excluding hydrogens is 520 g/mol. The molecule has 0 aliphatic heterocycles. The lowest BCUT2D eigenvalue weighted by atomic mass is 10.1. The molecular formula is C31H26N6O4. The lowest BCUT2D eigenvalue weighted by Crippen LogP contribution is -2.24. The van der Waals surface area contributed by atoms with Crippen molar-refractivity contribution in [3.63, 3.8) is 0 Å². The fourth-order valence-corrected chi connectivity index (χ4v) is 4.47. The van der Waals surface area contributed by atoms with E-state index in [2.05, 4.69) is 10.3 Å². The van der Waals surface area contributed by atoms with Crippen molar-refractivity contribution in [2.75, 3.05) is 5.32 Å². The Bertz CT molecular complexity index is 2010. The van der Waals surface area contributed by atoms with E-state index in [4.69, 9.17) is 4.74 Å². The number of carbonyl (C=O) groups excluding carboxylic acids is 1. The molecule has 1 N–H and O–H groups in total. The predicted molar refractivity (Wildman–Crippen MR) is 155 cm³/mol. The number of rotatable bonds is 6. The molecule has 0 fully saturated rings. The third-order valence-corrected chi connectivity index (χ3v) is 6.70. The minimum Gasteiger partial charge on any atom is -0.438 e. The van der Waals surface area contributed by atoms with Gasteiger partial charge in [0.05, 0.1) is 11.4 Å². The summed E-state index contributed by atoms with van der Waals surface area (Å²) in [6, 6.07) is 21.5. The summed E-state index contributed by atoms with van der Waals surface area (Å²) in [5.74, 6) is -0.472. The van der Waals surface area contributed by atoms with Gasteiger partial charge in [0.15, 0.2) is 0 Å². The van der Waals surface area contributed by atoms with Crippen LogP contribution in [0.1, 0.15) is 22.4 Å². The van der Waals surface area contributed by atoms with Gasteiger partial charge in [-0.05, 0) is 68.3 Å². The molecule has 3 heterocycles. The van der Waals surface area contributed by atoms with Crippen LogP contribution in [0, 0.1) is 32.1 Å². The summed E-state index contributed by atoms with van der Waals surface area (Å²) >= 11 is 0. The molecule has 5 aromatic rings. The number of carbonyl (C=O) groups is 1. The Balaban J connectivity index is 1.60. The van der Waals surface area contributed by atoms with Gasteiger partial charge in [0.25, 0.3) is 17.0 Å². The Kier molecular flexibility index (Phi) is 7.10. The number of aryl methyl sites for hydroxylation is 2. The second-order valence-electron chi connectivity index (χ2n) is 9.50. The molecule has 0 aliphatic rings. The summed E-state index contributed by atoms with van der Waals surface area (Å²) in [6.45, 7) is 5.39. The van der Waals surface area contributed by atoms with E-state index >= 15 is 0 Å². The minimum atomic E-state index is -0.853. The number of nitriles is 1. The lowest BCUT2D eigenvalue weighted by Gasteiger charge is -2.12. The molecule has 0 unspecified atom stereocenters. The van der Waals surface area contributed by atoms with Crippen LogP contribution in [0.4, 0.5) is 5.69 Å². The van der Waals surface area contributed by atoms with Crippen LogP contribution in [0.3, 0.4) is 0 Å². The molecule has 3 aromatic heterocycles. The molecule has 0 saturated heterocycles. The van der Waals surface area contributed by atoms with Gasteiger partial charge in [0.2, 0.25) is 5.88 Å². The van der Waals surface area contributed by atoms with E-state index in [1.165, 1.54) is 9.08 Å². The highest BCUT2D eigenvalue weighted by molar-refractivity contribution is 6.10. The van der Waals surface area contributed by atoms with Crippen LogP contribution in [-0.4, -0.2) is 24.7 Å². The molecule has 10 heteroatoms. The van der Waals surface area contributed by atoms with Crippen molar-refractivity contribution in [1.82, 2.24) is 18.7 Å². The molecule has 41 heavy (non-hydrogen) atoms. The Morgan fingerprint density at radius 3 is 2.46 bits per heavy atom. The van der Waals surface area contributed by atoms with Gasteiger partial charge in [0, 0.05) is 13.2 Å². The van der Waals surface area contributed by atoms with Crippen molar-refractivity contribution in [1.29, 1.82) is 5.26 Å². The SMILES string of the molecule is Cc1cccc(Oc2nc3c(C)cccn3c(=O)c2/C=C(\C#N)C(=O)Nc2c(C)n(C)n(-c3ccccc3)c2=O)c1. The molecule has 0 radical (unpaired) electrons. The standard InChI is InChI=1S/C31H26N6O4/c1-19-10-8-14-24(16-19)41-29-25(30(39)36-15-9-11-20(2)27(36)34-29)17-22(18-32)28(38)33-26-21(3)35(4)37(31(26)40)23-12-6-5-7-13-23/h5-17H,1-4H3,(H,33,38)/b22-17+. The molecule has 0 saturated carbocycles. The lowest BCUT2D eigenvalue weighted by molar-refractivity contribution is -0.112. The van der Waals surface area contributed by atoms with Crippen molar-refractivity contribution < 1.29 is 9.53 Å². The van der Waals surface area contributed by atoms with E-state index in [9.17, 15) is 19.6 Å². The average molecular weight is 547 g/mol. The first-order valence-corrected chi connectivity index (χ1v) is 12.7. The number of amides is 1. The molecule has 1 amide bonds. The molecule has 0 atom stereocenters. The number of aromatic nitrogens is 4. The van der Waals surface area contributed by atoms with Gasteiger partial charge < -0.3 is 10.1 Å². The first kappa shape index (κ1) is 26.9. The zero-order valence-electron chi connectivity index (χ0n) is 22.9. The van der Waals surface area contributed by atoms with Gasteiger partial charge in [-0.15, -0.1) is 0 Å². The highest BCUT2D eigenvalue weighted by atomic mass is 16.5. The van der Waals surface area contributed by atoms with Crippen molar-refractivity contribution in [3.05, 3.63) is 122 Å². The average Bonchev–Trinajstić information content (AvgIpc) is 3.16. The van der Waals surface area contributed by atoms with Crippen LogP contribution >= 0.6 is 0 Å². The van der Waals surface area contributed by atoms with Crippen molar-refractivity contribution in [2.24, 2.45) is 7.05 Å². The molecule has 0 aliphatic carbocycles. The first-order valence-electron chi connectivity index (χ1n) is 12.7. The largest absolute Gasteiger partial charge is 0.438 e. The highest BCUT2D eigenvalue weighted by Crippen LogP contribution is 2.26.